The predicted molar refractivity (Wildman–Crippen MR) is 61.4 cm³/mol. The molecular formula is C11H21ClO3. The molecule has 0 aromatic rings. The molecule has 0 heterocycles. The van der Waals surface area contributed by atoms with E-state index < -0.39 is 5.97 Å². The van der Waals surface area contributed by atoms with Crippen LogP contribution < -0.4 is 0 Å². The zero-order valence-corrected chi connectivity index (χ0v) is 10.1. The summed E-state index contributed by atoms with van der Waals surface area (Å²) in [4.78, 5) is 10.8. The van der Waals surface area contributed by atoms with Gasteiger partial charge in [0.2, 0.25) is 0 Å². The van der Waals surface area contributed by atoms with E-state index in [9.17, 15) is 4.79 Å². The average molecular weight is 237 g/mol. The van der Waals surface area contributed by atoms with Crippen LogP contribution in [0.25, 0.3) is 0 Å². The fraction of sp³-hybridized carbons (Fsp3) is 0.909. The van der Waals surface area contributed by atoms with E-state index in [4.69, 9.17) is 21.4 Å². The second-order valence-corrected chi connectivity index (χ2v) is 4.03. The van der Waals surface area contributed by atoms with Crippen molar-refractivity contribution in [1.82, 2.24) is 0 Å². The molecule has 15 heavy (non-hydrogen) atoms. The lowest BCUT2D eigenvalue weighted by molar-refractivity contribution is -0.144. The molecule has 0 saturated carbocycles. The van der Waals surface area contributed by atoms with Crippen LogP contribution in [0.15, 0.2) is 0 Å². The van der Waals surface area contributed by atoms with Gasteiger partial charge in [-0.3, -0.25) is 4.79 Å². The molecule has 0 rings (SSSR count). The Kier molecular flexibility index (Phi) is 10.1. The minimum atomic E-state index is -0.749. The van der Waals surface area contributed by atoms with Crippen LogP contribution >= 0.6 is 11.6 Å². The average Bonchev–Trinajstić information content (AvgIpc) is 2.21. The Hall–Kier alpha value is -0.280. The summed E-state index contributed by atoms with van der Waals surface area (Å²) in [5.74, 6) is -0.455. The molecule has 1 N–H and O–H groups in total. The summed E-state index contributed by atoms with van der Waals surface area (Å²) in [6.07, 6.45) is 4.51. The normalized spacial score (nSPS) is 12.7. The van der Waals surface area contributed by atoms with E-state index >= 15 is 0 Å². The van der Waals surface area contributed by atoms with Gasteiger partial charge in [0, 0.05) is 12.5 Å². The molecule has 90 valence electrons. The van der Waals surface area contributed by atoms with Gasteiger partial charge in [0.15, 0.2) is 0 Å². The largest absolute Gasteiger partial charge is 0.481 e. The van der Waals surface area contributed by atoms with Gasteiger partial charge >= 0.3 is 5.97 Å². The molecule has 0 aromatic carbocycles. The van der Waals surface area contributed by atoms with Crippen LogP contribution in [0.3, 0.4) is 0 Å². The smallest absolute Gasteiger partial charge is 0.308 e. The number of alkyl halides is 1. The predicted octanol–water partition coefficient (Wildman–Crippen LogP) is 2.91. The SMILES string of the molecule is CCCCC(COCCCCCl)C(=O)O. The summed E-state index contributed by atoms with van der Waals surface area (Å²) in [6.45, 7) is 3.00. The third-order valence-corrected chi connectivity index (χ3v) is 2.51. The van der Waals surface area contributed by atoms with Gasteiger partial charge in [0.05, 0.1) is 12.5 Å². The van der Waals surface area contributed by atoms with Crippen LogP contribution in [-0.4, -0.2) is 30.2 Å². The molecule has 4 heteroatoms. The maximum Gasteiger partial charge on any atom is 0.308 e. The number of rotatable bonds is 10. The van der Waals surface area contributed by atoms with Crippen molar-refractivity contribution in [2.75, 3.05) is 19.1 Å². The highest BCUT2D eigenvalue weighted by Gasteiger charge is 2.16. The van der Waals surface area contributed by atoms with Crippen LogP contribution in [0.2, 0.25) is 0 Å². The third-order valence-electron chi connectivity index (χ3n) is 2.25. The van der Waals surface area contributed by atoms with Gasteiger partial charge in [-0.25, -0.2) is 0 Å². The fourth-order valence-electron chi connectivity index (χ4n) is 1.25. The zero-order chi connectivity index (χ0) is 11.5. The summed E-state index contributed by atoms with van der Waals surface area (Å²) in [5, 5.41) is 8.90. The van der Waals surface area contributed by atoms with E-state index in [1.165, 1.54) is 0 Å². The molecule has 0 fully saturated rings. The molecule has 0 aliphatic carbocycles. The Bertz CT molecular complexity index is 162. The van der Waals surface area contributed by atoms with Gasteiger partial charge in [0.1, 0.15) is 0 Å². The highest BCUT2D eigenvalue weighted by Crippen LogP contribution is 2.09. The zero-order valence-electron chi connectivity index (χ0n) is 9.38. The Morgan fingerprint density at radius 2 is 2.13 bits per heavy atom. The van der Waals surface area contributed by atoms with E-state index in [2.05, 4.69) is 6.92 Å². The molecule has 0 aromatic heterocycles. The summed E-state index contributed by atoms with van der Waals surface area (Å²) < 4.78 is 5.32. The highest BCUT2D eigenvalue weighted by molar-refractivity contribution is 6.17. The first-order valence-corrected chi connectivity index (χ1v) is 6.12. The van der Waals surface area contributed by atoms with Crippen molar-refractivity contribution in [3.8, 4) is 0 Å². The molecule has 0 amide bonds. The van der Waals surface area contributed by atoms with Gasteiger partial charge in [-0.05, 0) is 19.3 Å². The van der Waals surface area contributed by atoms with Gasteiger partial charge in [-0.15, -0.1) is 11.6 Å². The number of ether oxygens (including phenoxy) is 1. The van der Waals surface area contributed by atoms with Crippen LogP contribution in [0.1, 0.15) is 39.0 Å². The van der Waals surface area contributed by atoms with Crippen LogP contribution in [0, 0.1) is 5.92 Å². The topological polar surface area (TPSA) is 46.5 Å². The monoisotopic (exact) mass is 236 g/mol. The summed E-state index contributed by atoms with van der Waals surface area (Å²) in [7, 11) is 0. The second kappa shape index (κ2) is 10.2. The molecule has 3 nitrogen and oxygen atoms in total. The molecule has 0 spiro atoms. The molecule has 0 aliphatic heterocycles. The number of carboxylic acid groups (broad SMARTS) is 1. The molecule has 1 unspecified atom stereocenters. The maximum absolute atomic E-state index is 10.8. The van der Waals surface area contributed by atoms with Crippen molar-refractivity contribution in [3.05, 3.63) is 0 Å². The lowest BCUT2D eigenvalue weighted by Crippen LogP contribution is -2.20. The molecule has 0 saturated heterocycles. The molecule has 0 aliphatic rings. The lowest BCUT2D eigenvalue weighted by atomic mass is 10.0. The second-order valence-electron chi connectivity index (χ2n) is 3.65. The van der Waals surface area contributed by atoms with Crippen molar-refractivity contribution >= 4 is 17.6 Å². The van der Waals surface area contributed by atoms with Gasteiger partial charge in [-0.1, -0.05) is 19.8 Å². The Labute approximate surface area is 96.8 Å². The van der Waals surface area contributed by atoms with Crippen molar-refractivity contribution in [2.45, 2.75) is 39.0 Å². The number of aliphatic carboxylic acids is 1. The first-order valence-electron chi connectivity index (χ1n) is 5.58. The van der Waals surface area contributed by atoms with Gasteiger partial charge in [-0.2, -0.15) is 0 Å². The molecule has 0 bridgehead atoms. The minimum Gasteiger partial charge on any atom is -0.481 e. The summed E-state index contributed by atoms with van der Waals surface area (Å²) >= 11 is 5.51. The standard InChI is InChI=1S/C11H21ClO3/c1-2-3-6-10(11(13)14)9-15-8-5-4-7-12/h10H,2-9H2,1H3,(H,13,14). The maximum atomic E-state index is 10.8. The molecule has 0 radical (unpaired) electrons. The van der Waals surface area contributed by atoms with Crippen LogP contribution in [0.5, 0.6) is 0 Å². The Morgan fingerprint density at radius 3 is 2.67 bits per heavy atom. The van der Waals surface area contributed by atoms with E-state index in [-0.39, 0.29) is 5.92 Å². The number of hydrogen-bond acceptors (Lipinski definition) is 2. The van der Waals surface area contributed by atoms with Gasteiger partial charge < -0.3 is 9.84 Å². The number of carbonyl (C=O) groups is 1. The first kappa shape index (κ1) is 14.7. The highest BCUT2D eigenvalue weighted by atomic mass is 35.5. The summed E-state index contributed by atoms with van der Waals surface area (Å²) in [5.41, 5.74) is 0. The minimum absolute atomic E-state index is 0.331. The van der Waals surface area contributed by atoms with Crippen LogP contribution in [-0.2, 0) is 9.53 Å². The lowest BCUT2D eigenvalue weighted by Gasteiger charge is -2.11. The van der Waals surface area contributed by atoms with E-state index in [1.54, 1.807) is 0 Å². The van der Waals surface area contributed by atoms with Gasteiger partial charge in [0.25, 0.3) is 0 Å². The third kappa shape index (κ3) is 8.70. The van der Waals surface area contributed by atoms with Crippen LogP contribution in [0.4, 0.5) is 0 Å². The van der Waals surface area contributed by atoms with Crippen molar-refractivity contribution < 1.29 is 14.6 Å². The number of hydrogen-bond donors (Lipinski definition) is 1. The number of halogens is 1. The fourth-order valence-corrected chi connectivity index (χ4v) is 1.44. The Morgan fingerprint density at radius 1 is 1.40 bits per heavy atom. The molecular weight excluding hydrogens is 216 g/mol. The van der Waals surface area contributed by atoms with Crippen molar-refractivity contribution in [3.63, 3.8) is 0 Å². The van der Waals surface area contributed by atoms with Crippen molar-refractivity contribution in [2.24, 2.45) is 5.92 Å². The van der Waals surface area contributed by atoms with E-state index in [0.717, 1.165) is 25.7 Å². The van der Waals surface area contributed by atoms with Crippen molar-refractivity contribution in [1.29, 1.82) is 0 Å². The summed E-state index contributed by atoms with van der Waals surface area (Å²) in [6, 6.07) is 0. The van der Waals surface area contributed by atoms with E-state index in [1.807, 2.05) is 0 Å². The molecule has 1 atom stereocenters. The number of carboxylic acids is 1. The Balaban J connectivity index is 3.53. The number of unbranched alkanes of at least 4 members (excludes halogenated alkanes) is 2. The first-order chi connectivity index (χ1) is 7.22. The quantitative estimate of drug-likeness (QED) is 0.469. The van der Waals surface area contributed by atoms with E-state index in [0.29, 0.717) is 25.5 Å².